The molecule has 14 fully saturated rings. The summed E-state index contributed by atoms with van der Waals surface area (Å²) in [6.07, 6.45) is 5.14. The van der Waals surface area contributed by atoms with Crippen LogP contribution >= 0.6 is 0 Å². The fourth-order valence-electron chi connectivity index (χ4n) is 16.4. The molecule has 30 nitrogen and oxygen atoms in total. The van der Waals surface area contributed by atoms with E-state index in [9.17, 15) is 95.9 Å². The Labute approximate surface area is 490 Å². The third-order valence-corrected chi connectivity index (χ3v) is 20.1. The SMILES string of the molecule is CC1CC(C2CC(=O)OC2=O)CC2C(=O)OC(=O)C12.O=C1CC(C2CC3C(=O)OC(=O)C3c3ccccc32)C(=O)O1.O=C1OC(=O)C2C1C1C(=O)OC(=O)C21.O=C1OC(=O)C2C1CC1C(=O)OC(=O)C12.O=C1OC(=O)C2C3C=CC(C12)C1C(=O)OC(=O)C31. The number of cyclic esters (lactones) is 20. The molecule has 0 spiro atoms. The van der Waals surface area contributed by atoms with Gasteiger partial charge in [0.25, 0.3) is 0 Å². The van der Waals surface area contributed by atoms with Crippen LogP contribution in [0.4, 0.5) is 0 Å². The lowest BCUT2D eigenvalue weighted by Crippen LogP contribution is -2.50. The Morgan fingerprint density at radius 2 is 0.591 bits per heavy atom. The van der Waals surface area contributed by atoms with Crippen LogP contribution in [-0.4, -0.2) is 119 Å². The van der Waals surface area contributed by atoms with Gasteiger partial charge in [0, 0.05) is 11.8 Å². The number of esters is 20. The van der Waals surface area contributed by atoms with Gasteiger partial charge in [-0.1, -0.05) is 43.3 Å². The smallest absolute Gasteiger partial charge is 0.321 e. The fourth-order valence-corrected chi connectivity index (χ4v) is 16.4. The summed E-state index contributed by atoms with van der Waals surface area (Å²) in [6, 6.07) is 7.21. The molecule has 88 heavy (non-hydrogen) atoms. The number of fused-ring (bicyclic) bond motifs is 11. The van der Waals surface area contributed by atoms with Crippen LogP contribution in [0.1, 0.15) is 68.4 Å². The molecule has 1 aromatic carbocycles. The lowest BCUT2D eigenvalue weighted by Gasteiger charge is -2.42. The van der Waals surface area contributed by atoms with E-state index in [1.165, 1.54) is 0 Å². The van der Waals surface area contributed by atoms with Gasteiger partial charge in [0.2, 0.25) is 0 Å². The summed E-state index contributed by atoms with van der Waals surface area (Å²) >= 11 is 0. The Kier molecular flexibility index (Phi) is 13.6. The predicted octanol–water partition coefficient (Wildman–Crippen LogP) is -1.43. The van der Waals surface area contributed by atoms with Gasteiger partial charge in [-0.15, -0.1) is 0 Å². The zero-order chi connectivity index (χ0) is 62.5. The number of allylic oxidation sites excluding steroid dienone is 2. The summed E-state index contributed by atoms with van der Waals surface area (Å²) in [5.74, 6) is -25.0. The molecule has 10 heterocycles. The number of hydrogen-bond donors (Lipinski definition) is 0. The highest BCUT2D eigenvalue weighted by Crippen LogP contribution is 2.58. The zero-order valence-corrected chi connectivity index (χ0v) is 45.2. The highest BCUT2D eigenvalue weighted by atomic mass is 16.6. The number of benzene rings is 1. The highest BCUT2D eigenvalue weighted by molar-refractivity contribution is 6.11. The second kappa shape index (κ2) is 20.8. The van der Waals surface area contributed by atoms with Crippen molar-refractivity contribution in [1.29, 1.82) is 0 Å². The van der Waals surface area contributed by atoms with E-state index in [4.69, 9.17) is 4.74 Å². The van der Waals surface area contributed by atoms with Crippen molar-refractivity contribution in [3.05, 3.63) is 47.5 Å². The van der Waals surface area contributed by atoms with Gasteiger partial charge in [-0.3, -0.25) is 95.9 Å². The summed E-state index contributed by atoms with van der Waals surface area (Å²) in [4.78, 5) is 229. The van der Waals surface area contributed by atoms with Gasteiger partial charge < -0.3 is 47.4 Å². The van der Waals surface area contributed by atoms with Crippen LogP contribution in [-0.2, 0) is 143 Å². The van der Waals surface area contributed by atoms with Crippen LogP contribution in [0.3, 0.4) is 0 Å². The van der Waals surface area contributed by atoms with E-state index >= 15 is 0 Å². The largest absolute Gasteiger partial charge is 0.393 e. The lowest BCUT2D eigenvalue weighted by atomic mass is 9.54. The fraction of sp³-hybridized carbons (Fsp3) is 0.517. The van der Waals surface area contributed by atoms with Crippen molar-refractivity contribution in [2.24, 2.45) is 124 Å². The molecule has 10 saturated heterocycles. The van der Waals surface area contributed by atoms with Crippen LogP contribution in [0.5, 0.6) is 0 Å². The first-order valence-electron chi connectivity index (χ1n) is 28.1. The number of hydrogen-bond acceptors (Lipinski definition) is 30. The van der Waals surface area contributed by atoms with Gasteiger partial charge in [0.1, 0.15) is 0 Å². The molecule has 1 aromatic rings. The van der Waals surface area contributed by atoms with Crippen LogP contribution in [0.2, 0.25) is 0 Å². The Hall–Kier alpha value is -9.64. The number of carbonyl (C=O) groups is 20. The number of ether oxygens (including phenoxy) is 10. The molecule has 17 aliphatic rings. The molecule has 0 N–H and O–H groups in total. The summed E-state index contributed by atoms with van der Waals surface area (Å²) < 4.78 is 45.5. The second-order valence-corrected chi connectivity index (χ2v) is 24.3. The number of rotatable bonds is 2. The first-order valence-corrected chi connectivity index (χ1v) is 28.1. The third-order valence-electron chi connectivity index (χ3n) is 20.1. The van der Waals surface area contributed by atoms with Crippen molar-refractivity contribution in [2.75, 3.05) is 0 Å². The van der Waals surface area contributed by atoms with E-state index in [2.05, 4.69) is 42.6 Å². The first kappa shape index (κ1) is 57.4. The van der Waals surface area contributed by atoms with E-state index < -0.39 is 238 Å². The standard InChI is InChI=1S/C16H12O6.C13H14O6.C12H8O6.C9H6O6.C8H4O6/c17-12-6-10(14(18)21-12)9-5-11-13(16(20)22-15(11)19)8-4-2-1-3-7(8)9;1-5-2-6(7-4-9(14)18-11(7)15)3-8-10(5)13(17)19-12(8)16;13-9-5-3-1-2-4(7(5)11(15)17-9)8-6(3)10(14)18-12(8)16;10-6-2-1-3-5(4(2)8(12)14-6)9(13)15-7(3)11;9-5-1-2(6(10)13-5)4-3(1)7(11)14-8(4)12/h1-4,9-11,13H,5-6H2;5-8,10H,2-4H2,1H3;1-8H;2-5H,1H2;1-4H. The van der Waals surface area contributed by atoms with Gasteiger partial charge in [-0.2, -0.15) is 0 Å². The summed E-state index contributed by atoms with van der Waals surface area (Å²) in [7, 11) is 0. The van der Waals surface area contributed by atoms with Crippen molar-refractivity contribution in [2.45, 2.75) is 57.3 Å². The van der Waals surface area contributed by atoms with Gasteiger partial charge >= 0.3 is 119 Å². The molecule has 0 radical (unpaired) electrons. The second-order valence-electron chi connectivity index (χ2n) is 24.3. The molecule has 456 valence electrons. The third kappa shape index (κ3) is 8.77. The van der Waals surface area contributed by atoms with Crippen molar-refractivity contribution >= 4 is 119 Å². The van der Waals surface area contributed by atoms with Crippen LogP contribution in [0, 0.1) is 124 Å². The molecular formula is C58H44O30. The van der Waals surface area contributed by atoms with Crippen LogP contribution in [0.15, 0.2) is 36.4 Å². The minimum absolute atomic E-state index is 0.0121. The van der Waals surface area contributed by atoms with Crippen LogP contribution < -0.4 is 0 Å². The van der Waals surface area contributed by atoms with E-state index in [-0.39, 0.29) is 37.0 Å². The Morgan fingerprint density at radius 3 is 1.01 bits per heavy atom. The van der Waals surface area contributed by atoms with Gasteiger partial charge in [0.15, 0.2) is 0 Å². The van der Waals surface area contributed by atoms with Crippen molar-refractivity contribution in [1.82, 2.24) is 0 Å². The van der Waals surface area contributed by atoms with Crippen molar-refractivity contribution in [3.63, 3.8) is 0 Å². The molecule has 10 aliphatic heterocycles. The zero-order valence-electron chi connectivity index (χ0n) is 45.2. The normalized spacial score (nSPS) is 41.5. The van der Waals surface area contributed by atoms with E-state index in [0.29, 0.717) is 24.8 Å². The maximum Gasteiger partial charge on any atom is 0.321 e. The molecule has 4 saturated carbocycles. The minimum Gasteiger partial charge on any atom is -0.393 e. The summed E-state index contributed by atoms with van der Waals surface area (Å²) in [5, 5.41) is 0. The van der Waals surface area contributed by atoms with Crippen LogP contribution in [0.25, 0.3) is 0 Å². The van der Waals surface area contributed by atoms with E-state index in [0.717, 1.165) is 5.56 Å². The topological polar surface area (TPSA) is 434 Å². The quantitative estimate of drug-likeness (QED) is 0.142. The molecule has 17 atom stereocenters. The molecule has 2 bridgehead atoms. The Balaban J connectivity index is 0.000000102. The Morgan fingerprint density at radius 1 is 0.273 bits per heavy atom. The average Bonchev–Trinajstić information content (AvgIpc) is 1.54. The first-order chi connectivity index (χ1) is 41.8. The Bertz CT molecular complexity index is 3410. The van der Waals surface area contributed by atoms with Gasteiger partial charge in [0.05, 0.1) is 119 Å². The molecule has 0 amide bonds. The molecule has 7 aliphatic carbocycles. The molecular weight excluding hydrogens is 1180 g/mol. The molecule has 30 heteroatoms. The number of carbonyl (C=O) groups excluding carboxylic acids is 20. The van der Waals surface area contributed by atoms with Crippen molar-refractivity contribution < 1.29 is 143 Å². The summed E-state index contributed by atoms with van der Waals surface area (Å²) in [5.41, 5.74) is 1.54. The van der Waals surface area contributed by atoms with Gasteiger partial charge in [-0.25, -0.2) is 0 Å². The summed E-state index contributed by atoms with van der Waals surface area (Å²) in [6.45, 7) is 1.88. The predicted molar refractivity (Wildman–Crippen MR) is 259 cm³/mol. The van der Waals surface area contributed by atoms with E-state index in [1.54, 1.807) is 24.3 Å². The highest BCUT2D eigenvalue weighted by Gasteiger charge is 2.73. The monoisotopic (exact) mass is 1220 g/mol. The maximum atomic E-state index is 11.9. The average molecular weight is 1220 g/mol. The molecule has 0 aromatic heterocycles. The molecule has 17 unspecified atom stereocenters. The molecule has 18 rings (SSSR count). The van der Waals surface area contributed by atoms with E-state index in [1.807, 2.05) is 19.1 Å². The van der Waals surface area contributed by atoms with Gasteiger partial charge in [-0.05, 0) is 54.6 Å². The lowest BCUT2D eigenvalue weighted by molar-refractivity contribution is -0.158. The van der Waals surface area contributed by atoms with Crippen molar-refractivity contribution in [3.8, 4) is 0 Å². The minimum atomic E-state index is -0.804. The maximum absolute atomic E-state index is 11.9.